The Balaban J connectivity index is 1.14. The van der Waals surface area contributed by atoms with Crippen LogP contribution >= 0.6 is 0 Å². The molecule has 3 nitrogen and oxygen atoms in total. The van der Waals surface area contributed by atoms with Crippen molar-refractivity contribution in [3.63, 3.8) is 0 Å². The van der Waals surface area contributed by atoms with E-state index in [0.29, 0.717) is 0 Å². The van der Waals surface area contributed by atoms with Crippen LogP contribution in [0.25, 0.3) is 104 Å². The van der Waals surface area contributed by atoms with Gasteiger partial charge < -0.3 is 9.55 Å². The summed E-state index contributed by atoms with van der Waals surface area (Å²) in [7, 11) is 0. The van der Waals surface area contributed by atoms with Crippen molar-refractivity contribution in [1.29, 1.82) is 0 Å². The van der Waals surface area contributed by atoms with E-state index in [0.717, 1.165) is 33.4 Å². The maximum atomic E-state index is 4.88. The molecule has 53 heavy (non-hydrogen) atoms. The Hall–Kier alpha value is -6.71. The van der Waals surface area contributed by atoms with Crippen molar-refractivity contribution in [3.8, 4) is 27.9 Å². The first kappa shape index (κ1) is 28.9. The minimum absolute atomic E-state index is 0.178. The molecule has 0 radical (unpaired) electrons. The number of para-hydroxylation sites is 2. The molecule has 0 amide bonds. The molecule has 3 aromatic heterocycles. The SMILES string of the molecule is CC1(C)c2cc3c4ccccc4c4ccccc4c3cc2-c2cc3c(cc21)c1cc(-c2cnc4[nH]c5ccccc5c4c2)ccc1n3-c1ccccc1. The number of rotatable bonds is 2. The van der Waals surface area contributed by atoms with Crippen LogP contribution in [0, 0.1) is 0 Å². The molecule has 3 heterocycles. The van der Waals surface area contributed by atoms with E-state index in [4.69, 9.17) is 4.98 Å². The third-order valence-electron chi connectivity index (χ3n) is 12.1. The van der Waals surface area contributed by atoms with Gasteiger partial charge in [0, 0.05) is 49.9 Å². The predicted octanol–water partition coefficient (Wildman–Crippen LogP) is 13.2. The van der Waals surface area contributed by atoms with E-state index in [9.17, 15) is 0 Å². The van der Waals surface area contributed by atoms with E-state index in [1.807, 2.05) is 6.20 Å². The van der Waals surface area contributed by atoms with E-state index in [-0.39, 0.29) is 5.41 Å². The highest BCUT2D eigenvalue weighted by molar-refractivity contribution is 6.26. The normalized spacial score (nSPS) is 13.6. The lowest BCUT2D eigenvalue weighted by atomic mass is 9.81. The van der Waals surface area contributed by atoms with E-state index in [2.05, 4.69) is 175 Å². The molecule has 8 aromatic carbocycles. The number of nitrogens with one attached hydrogen (secondary N) is 1. The van der Waals surface area contributed by atoms with Crippen molar-refractivity contribution in [2.24, 2.45) is 0 Å². The molecule has 1 aliphatic rings. The summed E-state index contributed by atoms with van der Waals surface area (Å²) in [5, 5.41) is 12.8. The minimum Gasteiger partial charge on any atom is -0.339 e. The highest BCUT2D eigenvalue weighted by Crippen LogP contribution is 2.53. The smallest absolute Gasteiger partial charge is 0.138 e. The molecule has 0 saturated carbocycles. The molecular weight excluding hydrogens is 643 g/mol. The van der Waals surface area contributed by atoms with Gasteiger partial charge in [-0.25, -0.2) is 4.98 Å². The molecule has 3 heteroatoms. The lowest BCUT2D eigenvalue weighted by Gasteiger charge is -2.22. The first-order valence-corrected chi connectivity index (χ1v) is 18.5. The van der Waals surface area contributed by atoms with E-state index < -0.39 is 0 Å². The zero-order chi connectivity index (χ0) is 35.0. The van der Waals surface area contributed by atoms with E-state index in [1.54, 1.807) is 0 Å². The van der Waals surface area contributed by atoms with Crippen LogP contribution < -0.4 is 0 Å². The van der Waals surface area contributed by atoms with Gasteiger partial charge in [-0.2, -0.15) is 0 Å². The predicted molar refractivity (Wildman–Crippen MR) is 223 cm³/mol. The number of fused-ring (bicyclic) bond motifs is 15. The lowest BCUT2D eigenvalue weighted by Crippen LogP contribution is -2.15. The number of hydrogen-bond donors (Lipinski definition) is 1. The Kier molecular flexibility index (Phi) is 5.57. The van der Waals surface area contributed by atoms with E-state index in [1.165, 1.54) is 81.8 Å². The molecular formula is C50H33N3. The van der Waals surface area contributed by atoms with Crippen molar-refractivity contribution < 1.29 is 0 Å². The van der Waals surface area contributed by atoms with Crippen LogP contribution in [-0.4, -0.2) is 14.5 Å². The molecule has 11 aromatic rings. The number of H-pyrrole nitrogens is 1. The molecule has 0 spiro atoms. The van der Waals surface area contributed by atoms with Crippen molar-refractivity contribution in [2.75, 3.05) is 0 Å². The van der Waals surface area contributed by atoms with E-state index >= 15 is 0 Å². The molecule has 0 bridgehead atoms. The monoisotopic (exact) mass is 675 g/mol. The average Bonchev–Trinajstić information content (AvgIpc) is 3.81. The van der Waals surface area contributed by atoms with Gasteiger partial charge in [-0.05, 0) is 121 Å². The fourth-order valence-electron chi connectivity index (χ4n) is 9.56. The van der Waals surface area contributed by atoms with Crippen molar-refractivity contribution >= 4 is 76.1 Å². The molecule has 0 unspecified atom stereocenters. The number of pyridine rings is 1. The third kappa shape index (κ3) is 3.86. The zero-order valence-electron chi connectivity index (χ0n) is 29.4. The maximum absolute atomic E-state index is 4.88. The summed E-state index contributed by atoms with van der Waals surface area (Å²) in [6.45, 7) is 4.81. The van der Waals surface area contributed by atoms with Gasteiger partial charge in [0.15, 0.2) is 0 Å². The minimum atomic E-state index is -0.178. The molecule has 248 valence electrons. The molecule has 0 saturated heterocycles. The van der Waals surface area contributed by atoms with Crippen LogP contribution in [0.15, 0.2) is 158 Å². The van der Waals surface area contributed by atoms with Crippen LogP contribution in [-0.2, 0) is 5.41 Å². The highest BCUT2D eigenvalue weighted by Gasteiger charge is 2.37. The van der Waals surface area contributed by atoms with Crippen molar-refractivity contribution in [1.82, 2.24) is 14.5 Å². The molecule has 0 aliphatic heterocycles. The van der Waals surface area contributed by atoms with Gasteiger partial charge in [0.1, 0.15) is 5.65 Å². The van der Waals surface area contributed by atoms with Crippen molar-refractivity contribution in [2.45, 2.75) is 19.3 Å². The first-order chi connectivity index (χ1) is 26.0. The number of aromatic nitrogens is 3. The summed E-state index contributed by atoms with van der Waals surface area (Å²) >= 11 is 0. The molecule has 0 fully saturated rings. The molecule has 1 aliphatic carbocycles. The number of nitrogens with zero attached hydrogens (tertiary/aromatic N) is 2. The summed E-state index contributed by atoms with van der Waals surface area (Å²) in [6, 6.07) is 56.2. The Morgan fingerprint density at radius 3 is 1.75 bits per heavy atom. The average molecular weight is 676 g/mol. The third-order valence-corrected chi connectivity index (χ3v) is 12.1. The number of hydrogen-bond acceptors (Lipinski definition) is 1. The fraction of sp³-hybridized carbons (Fsp3) is 0.0600. The second-order valence-corrected chi connectivity index (χ2v) is 15.3. The quantitative estimate of drug-likeness (QED) is 0.182. The highest BCUT2D eigenvalue weighted by atomic mass is 15.0. The number of benzene rings is 8. The summed E-state index contributed by atoms with van der Waals surface area (Å²) in [5.74, 6) is 0. The zero-order valence-corrected chi connectivity index (χ0v) is 29.4. The summed E-state index contributed by atoms with van der Waals surface area (Å²) in [6.07, 6.45) is 2.00. The largest absolute Gasteiger partial charge is 0.339 e. The van der Waals surface area contributed by atoms with Gasteiger partial charge in [-0.1, -0.05) is 105 Å². The lowest BCUT2D eigenvalue weighted by molar-refractivity contribution is 0.662. The second kappa shape index (κ2) is 10.2. The standard InChI is InChI=1S/C50H33N3/c1-50(2)44-25-38-35-17-9-7-15-33(35)32-14-6-8-16-34(32)37(38)24-39(44)40-27-48-42(26-45(40)50)41-22-29(20-21-47(41)53(48)31-12-4-3-5-13-31)30-23-43-36-18-10-11-19-46(36)52-49(43)51-28-30/h3-28H,1-2H3,(H,51,52). The summed E-state index contributed by atoms with van der Waals surface area (Å²) in [4.78, 5) is 8.36. The summed E-state index contributed by atoms with van der Waals surface area (Å²) in [5.41, 5.74) is 13.2. The Morgan fingerprint density at radius 2 is 1.02 bits per heavy atom. The Labute approximate surface area is 305 Å². The van der Waals surface area contributed by atoms with Gasteiger partial charge in [0.2, 0.25) is 0 Å². The number of aromatic amines is 1. The van der Waals surface area contributed by atoms with Gasteiger partial charge in [-0.3, -0.25) is 0 Å². The van der Waals surface area contributed by atoms with Crippen LogP contribution in [0.5, 0.6) is 0 Å². The fourth-order valence-corrected chi connectivity index (χ4v) is 9.56. The van der Waals surface area contributed by atoms with Crippen molar-refractivity contribution in [3.05, 3.63) is 169 Å². The maximum Gasteiger partial charge on any atom is 0.138 e. The van der Waals surface area contributed by atoms with Crippen LogP contribution in [0.3, 0.4) is 0 Å². The van der Waals surface area contributed by atoms with Gasteiger partial charge in [-0.15, -0.1) is 0 Å². The van der Waals surface area contributed by atoms with Crippen LogP contribution in [0.2, 0.25) is 0 Å². The molecule has 12 rings (SSSR count). The topological polar surface area (TPSA) is 33.6 Å². The van der Waals surface area contributed by atoms with Crippen LogP contribution in [0.1, 0.15) is 25.0 Å². The first-order valence-electron chi connectivity index (χ1n) is 18.5. The van der Waals surface area contributed by atoms with Gasteiger partial charge in [0.05, 0.1) is 11.0 Å². The van der Waals surface area contributed by atoms with Gasteiger partial charge >= 0.3 is 0 Å². The van der Waals surface area contributed by atoms with Crippen LogP contribution in [0.4, 0.5) is 0 Å². The van der Waals surface area contributed by atoms with Gasteiger partial charge in [0.25, 0.3) is 0 Å². The Bertz CT molecular complexity index is 3360. The summed E-state index contributed by atoms with van der Waals surface area (Å²) < 4.78 is 2.45. The second-order valence-electron chi connectivity index (χ2n) is 15.3. The Morgan fingerprint density at radius 1 is 0.453 bits per heavy atom. The molecule has 1 N–H and O–H groups in total. The molecule has 0 atom stereocenters.